The molecule has 4 nitrogen and oxygen atoms in total. The molecule has 0 saturated carbocycles. The van der Waals surface area contributed by atoms with E-state index in [0.717, 1.165) is 17.3 Å². The van der Waals surface area contributed by atoms with Gasteiger partial charge in [0.25, 0.3) is 0 Å². The lowest BCUT2D eigenvalue weighted by Gasteiger charge is -2.13. The minimum Gasteiger partial charge on any atom is -0.377 e. The summed E-state index contributed by atoms with van der Waals surface area (Å²) >= 11 is 1.63. The molecule has 0 aliphatic heterocycles. The second-order valence-electron chi connectivity index (χ2n) is 2.98. The van der Waals surface area contributed by atoms with Crippen molar-refractivity contribution >= 4 is 11.8 Å². The maximum Gasteiger partial charge on any atom is 0.187 e. The van der Waals surface area contributed by atoms with Gasteiger partial charge in [-0.25, -0.2) is 9.97 Å². The highest BCUT2D eigenvalue weighted by Crippen LogP contribution is 2.13. The highest BCUT2D eigenvalue weighted by atomic mass is 32.2. The Labute approximate surface area is 94.6 Å². The van der Waals surface area contributed by atoms with Crippen LogP contribution in [0.1, 0.15) is 13.3 Å². The molecular formula is C10H17N3OS. The highest BCUT2D eigenvalue weighted by molar-refractivity contribution is 7.99. The summed E-state index contributed by atoms with van der Waals surface area (Å²) in [7, 11) is 0. The number of hydrogen-bond donors (Lipinski definition) is 1. The molecular weight excluding hydrogens is 210 g/mol. The third-order valence-electron chi connectivity index (χ3n) is 1.88. The van der Waals surface area contributed by atoms with Gasteiger partial charge in [0.15, 0.2) is 5.16 Å². The number of aromatic nitrogens is 2. The fraction of sp³-hybridized carbons (Fsp3) is 0.600. The topological polar surface area (TPSA) is 61.0 Å². The van der Waals surface area contributed by atoms with Crippen LogP contribution < -0.4 is 5.73 Å². The van der Waals surface area contributed by atoms with Crippen LogP contribution >= 0.6 is 11.8 Å². The van der Waals surface area contributed by atoms with Gasteiger partial charge in [-0.15, -0.1) is 0 Å². The molecule has 84 valence electrons. The fourth-order valence-corrected chi connectivity index (χ4v) is 1.98. The Morgan fingerprint density at radius 2 is 2.20 bits per heavy atom. The molecule has 1 aromatic heterocycles. The van der Waals surface area contributed by atoms with Gasteiger partial charge in [-0.05, 0) is 19.4 Å². The van der Waals surface area contributed by atoms with Crippen LogP contribution in [0.2, 0.25) is 0 Å². The molecule has 0 amide bonds. The Balaban J connectivity index is 2.20. The van der Waals surface area contributed by atoms with E-state index in [9.17, 15) is 0 Å². The number of nitrogens with zero attached hydrogens (tertiary/aromatic N) is 2. The minimum absolute atomic E-state index is 0.159. The standard InChI is InChI=1S/C10H17N3OS/c1-2-14-9(8-11)4-7-15-10-12-5-3-6-13-10/h3,5-6,9H,2,4,7-8,11H2,1H3. The van der Waals surface area contributed by atoms with Gasteiger partial charge < -0.3 is 10.5 Å². The molecule has 0 aromatic carbocycles. The summed E-state index contributed by atoms with van der Waals surface area (Å²) in [6, 6.07) is 1.81. The summed E-state index contributed by atoms with van der Waals surface area (Å²) < 4.78 is 5.45. The predicted molar refractivity (Wildman–Crippen MR) is 61.8 cm³/mol. The van der Waals surface area contributed by atoms with Gasteiger partial charge in [0.1, 0.15) is 0 Å². The van der Waals surface area contributed by atoms with Crippen molar-refractivity contribution in [1.29, 1.82) is 0 Å². The molecule has 0 bridgehead atoms. The molecule has 15 heavy (non-hydrogen) atoms. The molecule has 0 saturated heterocycles. The summed E-state index contributed by atoms with van der Waals surface area (Å²) in [5.74, 6) is 0.936. The molecule has 5 heteroatoms. The highest BCUT2D eigenvalue weighted by Gasteiger charge is 2.06. The monoisotopic (exact) mass is 227 g/mol. The van der Waals surface area contributed by atoms with E-state index >= 15 is 0 Å². The van der Waals surface area contributed by atoms with Gasteiger partial charge in [0.2, 0.25) is 0 Å². The lowest BCUT2D eigenvalue weighted by molar-refractivity contribution is 0.0674. The second kappa shape index (κ2) is 7.62. The van der Waals surface area contributed by atoms with Gasteiger partial charge in [0, 0.05) is 31.3 Å². The van der Waals surface area contributed by atoms with Crippen LogP contribution in [0.3, 0.4) is 0 Å². The van der Waals surface area contributed by atoms with Gasteiger partial charge in [-0.2, -0.15) is 0 Å². The fourth-order valence-electron chi connectivity index (χ4n) is 1.15. The molecule has 0 fully saturated rings. The average Bonchev–Trinajstić information content (AvgIpc) is 2.29. The predicted octanol–water partition coefficient (Wildman–Crippen LogP) is 1.32. The lowest BCUT2D eigenvalue weighted by Crippen LogP contribution is -2.24. The van der Waals surface area contributed by atoms with Crippen LogP contribution in [0.25, 0.3) is 0 Å². The first-order valence-electron chi connectivity index (χ1n) is 5.08. The van der Waals surface area contributed by atoms with Crippen molar-refractivity contribution in [3.63, 3.8) is 0 Å². The number of rotatable bonds is 7. The average molecular weight is 227 g/mol. The molecule has 1 aromatic rings. The van der Waals surface area contributed by atoms with Crippen molar-refractivity contribution in [2.75, 3.05) is 18.9 Å². The zero-order valence-corrected chi connectivity index (χ0v) is 9.74. The van der Waals surface area contributed by atoms with E-state index in [4.69, 9.17) is 10.5 Å². The van der Waals surface area contributed by atoms with Crippen molar-refractivity contribution in [3.05, 3.63) is 18.5 Å². The van der Waals surface area contributed by atoms with Crippen molar-refractivity contribution in [3.8, 4) is 0 Å². The molecule has 0 aliphatic rings. The van der Waals surface area contributed by atoms with Crippen molar-refractivity contribution < 1.29 is 4.74 Å². The molecule has 2 N–H and O–H groups in total. The SMILES string of the molecule is CCOC(CN)CCSc1ncccn1. The first-order valence-corrected chi connectivity index (χ1v) is 6.06. The normalized spacial score (nSPS) is 12.7. The number of thioether (sulfide) groups is 1. The van der Waals surface area contributed by atoms with Crippen LogP contribution in [0.4, 0.5) is 0 Å². The maximum absolute atomic E-state index is 5.57. The molecule has 1 atom stereocenters. The molecule has 0 spiro atoms. The number of ether oxygens (including phenoxy) is 1. The number of hydrogen-bond acceptors (Lipinski definition) is 5. The zero-order valence-electron chi connectivity index (χ0n) is 8.93. The van der Waals surface area contributed by atoms with E-state index in [2.05, 4.69) is 9.97 Å². The maximum atomic E-state index is 5.57. The van der Waals surface area contributed by atoms with Gasteiger partial charge >= 0.3 is 0 Å². The van der Waals surface area contributed by atoms with Crippen molar-refractivity contribution in [2.24, 2.45) is 5.73 Å². The van der Waals surface area contributed by atoms with Gasteiger partial charge in [-0.1, -0.05) is 11.8 Å². The molecule has 0 radical (unpaired) electrons. The van der Waals surface area contributed by atoms with Crippen LogP contribution in [-0.4, -0.2) is 35.0 Å². The Hall–Kier alpha value is -0.650. The first kappa shape index (κ1) is 12.4. The van der Waals surface area contributed by atoms with E-state index in [-0.39, 0.29) is 6.10 Å². The molecule has 1 unspecified atom stereocenters. The summed E-state index contributed by atoms with van der Waals surface area (Å²) in [4.78, 5) is 8.25. The van der Waals surface area contributed by atoms with Gasteiger partial charge in [-0.3, -0.25) is 0 Å². The Kier molecular flexibility index (Phi) is 6.31. The molecule has 1 rings (SSSR count). The summed E-state index contributed by atoms with van der Waals surface area (Å²) in [6.45, 7) is 3.27. The van der Waals surface area contributed by atoms with Crippen LogP contribution in [-0.2, 0) is 4.74 Å². The smallest absolute Gasteiger partial charge is 0.187 e. The largest absolute Gasteiger partial charge is 0.377 e. The van der Waals surface area contributed by atoms with Crippen LogP contribution in [0.5, 0.6) is 0 Å². The Bertz CT molecular complexity index is 258. The quantitative estimate of drug-likeness (QED) is 0.562. The van der Waals surface area contributed by atoms with E-state index < -0.39 is 0 Å². The summed E-state index contributed by atoms with van der Waals surface area (Å²) in [5, 5.41) is 0.810. The number of nitrogens with two attached hydrogens (primary N) is 1. The molecule has 0 aliphatic carbocycles. The lowest BCUT2D eigenvalue weighted by atomic mass is 10.3. The van der Waals surface area contributed by atoms with Crippen LogP contribution in [0.15, 0.2) is 23.6 Å². The molecule has 1 heterocycles. The zero-order chi connectivity index (χ0) is 10.9. The third-order valence-corrected chi connectivity index (χ3v) is 2.79. The van der Waals surface area contributed by atoms with Crippen molar-refractivity contribution in [2.45, 2.75) is 24.6 Å². The van der Waals surface area contributed by atoms with E-state index in [1.54, 1.807) is 24.2 Å². The van der Waals surface area contributed by atoms with Gasteiger partial charge in [0.05, 0.1) is 6.10 Å². The first-order chi connectivity index (χ1) is 7.36. The van der Waals surface area contributed by atoms with Crippen LogP contribution in [0, 0.1) is 0 Å². The van der Waals surface area contributed by atoms with E-state index in [1.807, 2.05) is 13.0 Å². The Morgan fingerprint density at radius 1 is 1.47 bits per heavy atom. The Morgan fingerprint density at radius 3 is 2.80 bits per heavy atom. The van der Waals surface area contributed by atoms with Crippen molar-refractivity contribution in [1.82, 2.24) is 9.97 Å². The van der Waals surface area contributed by atoms with E-state index in [1.165, 1.54) is 0 Å². The third kappa shape index (κ3) is 5.11. The summed E-state index contributed by atoms with van der Waals surface area (Å²) in [6.07, 6.45) is 4.59. The minimum atomic E-state index is 0.159. The second-order valence-corrected chi connectivity index (χ2v) is 4.04. The summed E-state index contributed by atoms with van der Waals surface area (Å²) in [5.41, 5.74) is 5.57. The van der Waals surface area contributed by atoms with E-state index in [0.29, 0.717) is 13.2 Å².